The summed E-state index contributed by atoms with van der Waals surface area (Å²) >= 11 is 0. The van der Waals surface area contributed by atoms with E-state index in [9.17, 15) is 4.39 Å². The van der Waals surface area contributed by atoms with E-state index in [1.165, 1.54) is 6.07 Å². The first-order valence-electron chi connectivity index (χ1n) is 6.15. The Morgan fingerprint density at radius 3 is 2.63 bits per heavy atom. The highest BCUT2D eigenvalue weighted by molar-refractivity contribution is 14.0. The Bertz CT molecular complexity index is 452. The molecule has 0 aromatic heterocycles. The van der Waals surface area contributed by atoms with Crippen LogP contribution in [0.3, 0.4) is 0 Å². The number of hydrogen-bond acceptors (Lipinski definition) is 1. The average Bonchev–Trinajstić information content (AvgIpc) is 2.89. The summed E-state index contributed by atoms with van der Waals surface area (Å²) in [6.07, 6.45) is 6.34. The number of nitrogens with one attached hydrogen (secondary N) is 2. The SMILES string of the molecule is CN=C(NCc1ccccc1F)NC1CC=CC1.I. The van der Waals surface area contributed by atoms with Gasteiger partial charge < -0.3 is 10.6 Å². The van der Waals surface area contributed by atoms with Crippen molar-refractivity contribution in [3.63, 3.8) is 0 Å². The zero-order valence-electron chi connectivity index (χ0n) is 10.9. The maximum atomic E-state index is 13.4. The first-order chi connectivity index (χ1) is 8.79. The summed E-state index contributed by atoms with van der Waals surface area (Å²) in [6.45, 7) is 0.437. The molecule has 0 aliphatic heterocycles. The van der Waals surface area contributed by atoms with E-state index in [0.717, 1.165) is 12.8 Å². The van der Waals surface area contributed by atoms with Gasteiger partial charge in [0, 0.05) is 25.2 Å². The van der Waals surface area contributed by atoms with E-state index < -0.39 is 0 Å². The topological polar surface area (TPSA) is 36.4 Å². The second-order valence-corrected chi connectivity index (χ2v) is 4.30. The van der Waals surface area contributed by atoms with Gasteiger partial charge in [-0.2, -0.15) is 0 Å². The smallest absolute Gasteiger partial charge is 0.191 e. The summed E-state index contributed by atoms with van der Waals surface area (Å²) in [5, 5.41) is 6.43. The van der Waals surface area contributed by atoms with Crippen LogP contribution in [0, 0.1) is 5.82 Å². The van der Waals surface area contributed by atoms with Crippen LogP contribution in [0.5, 0.6) is 0 Å². The minimum atomic E-state index is -0.192. The lowest BCUT2D eigenvalue weighted by Crippen LogP contribution is -2.42. The van der Waals surface area contributed by atoms with Crippen LogP contribution in [0.1, 0.15) is 18.4 Å². The van der Waals surface area contributed by atoms with Crippen LogP contribution in [0.2, 0.25) is 0 Å². The van der Waals surface area contributed by atoms with Crippen LogP contribution in [-0.2, 0) is 6.54 Å². The number of guanidine groups is 1. The van der Waals surface area contributed by atoms with Gasteiger partial charge in [-0.3, -0.25) is 4.99 Å². The third kappa shape index (κ3) is 4.81. The van der Waals surface area contributed by atoms with Crippen LogP contribution in [0.15, 0.2) is 41.4 Å². The predicted octanol–water partition coefficient (Wildman–Crippen LogP) is 2.83. The van der Waals surface area contributed by atoms with Gasteiger partial charge in [-0.05, 0) is 18.9 Å². The van der Waals surface area contributed by atoms with Gasteiger partial charge >= 0.3 is 0 Å². The number of hydrogen-bond donors (Lipinski definition) is 2. The van der Waals surface area contributed by atoms with Crippen molar-refractivity contribution in [2.45, 2.75) is 25.4 Å². The average molecular weight is 375 g/mol. The summed E-state index contributed by atoms with van der Waals surface area (Å²) in [6, 6.07) is 7.16. The molecule has 0 fully saturated rings. The summed E-state index contributed by atoms with van der Waals surface area (Å²) in [7, 11) is 1.72. The molecule has 0 radical (unpaired) electrons. The Hall–Kier alpha value is -1.11. The van der Waals surface area contributed by atoms with Crippen molar-refractivity contribution >= 4 is 29.9 Å². The Balaban J connectivity index is 0.00000180. The molecule has 5 heteroatoms. The Morgan fingerprint density at radius 2 is 2.00 bits per heavy atom. The van der Waals surface area contributed by atoms with Crippen molar-refractivity contribution in [3.8, 4) is 0 Å². The second kappa shape index (κ2) is 8.14. The third-order valence-corrected chi connectivity index (χ3v) is 2.98. The van der Waals surface area contributed by atoms with E-state index in [1.807, 2.05) is 6.07 Å². The quantitative estimate of drug-likeness (QED) is 0.369. The van der Waals surface area contributed by atoms with Gasteiger partial charge in [0.1, 0.15) is 5.82 Å². The molecule has 0 saturated heterocycles. The molecular formula is C14H19FIN3. The molecule has 2 rings (SSSR count). The van der Waals surface area contributed by atoms with Crippen LogP contribution in [-0.4, -0.2) is 19.0 Å². The first-order valence-corrected chi connectivity index (χ1v) is 6.15. The molecule has 0 heterocycles. The highest BCUT2D eigenvalue weighted by Crippen LogP contribution is 2.09. The molecule has 0 amide bonds. The van der Waals surface area contributed by atoms with Crippen molar-refractivity contribution in [1.82, 2.24) is 10.6 Å². The second-order valence-electron chi connectivity index (χ2n) is 4.30. The van der Waals surface area contributed by atoms with Crippen molar-refractivity contribution in [2.24, 2.45) is 4.99 Å². The molecule has 0 spiro atoms. The van der Waals surface area contributed by atoms with Crippen molar-refractivity contribution in [2.75, 3.05) is 7.05 Å². The van der Waals surface area contributed by atoms with E-state index in [-0.39, 0.29) is 29.8 Å². The Kier molecular flexibility index (Phi) is 6.83. The Morgan fingerprint density at radius 1 is 1.32 bits per heavy atom. The van der Waals surface area contributed by atoms with Gasteiger partial charge in [-0.25, -0.2) is 4.39 Å². The lowest BCUT2D eigenvalue weighted by atomic mass is 10.2. The summed E-state index contributed by atoms with van der Waals surface area (Å²) in [5.41, 5.74) is 0.644. The van der Waals surface area contributed by atoms with Crippen LogP contribution in [0.4, 0.5) is 4.39 Å². The van der Waals surface area contributed by atoms with Crippen LogP contribution in [0.25, 0.3) is 0 Å². The molecule has 3 nitrogen and oxygen atoms in total. The molecule has 2 N–H and O–H groups in total. The summed E-state index contributed by atoms with van der Waals surface area (Å²) < 4.78 is 13.4. The summed E-state index contributed by atoms with van der Waals surface area (Å²) in [5.74, 6) is 0.523. The zero-order chi connectivity index (χ0) is 12.8. The summed E-state index contributed by atoms with van der Waals surface area (Å²) in [4.78, 5) is 4.14. The lowest BCUT2D eigenvalue weighted by Gasteiger charge is -2.17. The van der Waals surface area contributed by atoms with Gasteiger partial charge in [0.25, 0.3) is 0 Å². The van der Waals surface area contributed by atoms with E-state index in [2.05, 4.69) is 27.8 Å². The molecular weight excluding hydrogens is 356 g/mol. The van der Waals surface area contributed by atoms with E-state index in [4.69, 9.17) is 0 Å². The standard InChI is InChI=1S/C14H18FN3.HI/c1-16-14(18-12-7-3-4-8-12)17-10-11-6-2-5-9-13(11)15;/h2-6,9,12H,7-8,10H2,1H3,(H2,16,17,18);1H. The minimum Gasteiger partial charge on any atom is -0.353 e. The Labute approximate surface area is 130 Å². The highest BCUT2D eigenvalue weighted by atomic mass is 127. The van der Waals surface area contributed by atoms with Gasteiger partial charge in [0.15, 0.2) is 5.96 Å². The fourth-order valence-corrected chi connectivity index (χ4v) is 1.94. The monoisotopic (exact) mass is 375 g/mol. The minimum absolute atomic E-state index is 0. The van der Waals surface area contributed by atoms with E-state index >= 15 is 0 Å². The predicted molar refractivity (Wildman–Crippen MR) is 87.3 cm³/mol. The van der Waals surface area contributed by atoms with Gasteiger partial charge in [-0.1, -0.05) is 30.4 Å². The lowest BCUT2D eigenvalue weighted by molar-refractivity contribution is 0.599. The molecule has 0 saturated carbocycles. The molecule has 1 aromatic rings. The number of nitrogens with zero attached hydrogens (tertiary/aromatic N) is 1. The number of rotatable bonds is 3. The maximum absolute atomic E-state index is 13.4. The molecule has 1 aliphatic carbocycles. The molecule has 19 heavy (non-hydrogen) atoms. The van der Waals surface area contributed by atoms with Crippen LogP contribution >= 0.6 is 24.0 Å². The first kappa shape index (κ1) is 15.9. The molecule has 0 bridgehead atoms. The van der Waals surface area contributed by atoms with Crippen molar-refractivity contribution in [3.05, 3.63) is 47.8 Å². The molecule has 1 aliphatic rings. The normalized spacial score (nSPS) is 15.2. The van der Waals surface area contributed by atoms with Gasteiger partial charge in [0.2, 0.25) is 0 Å². The fraction of sp³-hybridized carbons (Fsp3) is 0.357. The van der Waals surface area contributed by atoms with Gasteiger partial charge in [0.05, 0.1) is 0 Å². The largest absolute Gasteiger partial charge is 0.353 e. The number of benzene rings is 1. The van der Waals surface area contributed by atoms with Gasteiger partial charge in [-0.15, -0.1) is 24.0 Å². The number of halogens is 2. The van der Waals surface area contributed by atoms with Crippen molar-refractivity contribution < 1.29 is 4.39 Å². The van der Waals surface area contributed by atoms with E-state index in [1.54, 1.807) is 19.2 Å². The van der Waals surface area contributed by atoms with Crippen LogP contribution < -0.4 is 10.6 Å². The van der Waals surface area contributed by atoms with Crippen molar-refractivity contribution in [1.29, 1.82) is 0 Å². The third-order valence-electron chi connectivity index (χ3n) is 2.98. The molecule has 104 valence electrons. The number of aliphatic imine (C=N–C) groups is 1. The fourth-order valence-electron chi connectivity index (χ4n) is 1.94. The molecule has 0 unspecified atom stereocenters. The zero-order valence-corrected chi connectivity index (χ0v) is 13.2. The maximum Gasteiger partial charge on any atom is 0.191 e. The van der Waals surface area contributed by atoms with E-state index in [0.29, 0.717) is 24.1 Å². The highest BCUT2D eigenvalue weighted by Gasteiger charge is 2.11. The molecule has 1 aromatic carbocycles. The molecule has 0 atom stereocenters.